The highest BCUT2D eigenvalue weighted by molar-refractivity contribution is 9.10. The van der Waals surface area contributed by atoms with Crippen molar-refractivity contribution in [2.24, 2.45) is 5.92 Å². The van der Waals surface area contributed by atoms with Crippen LogP contribution in [-0.2, 0) is 0 Å². The summed E-state index contributed by atoms with van der Waals surface area (Å²) in [7, 11) is 0. The summed E-state index contributed by atoms with van der Waals surface area (Å²) in [6, 6.07) is 2.67. The molecule has 1 heterocycles. The maximum Gasteiger partial charge on any atom is 0.0410 e. The van der Waals surface area contributed by atoms with Gasteiger partial charge in [-0.2, -0.15) is 0 Å². The highest BCUT2D eigenvalue weighted by Crippen LogP contribution is 2.30. The van der Waals surface area contributed by atoms with E-state index < -0.39 is 0 Å². The van der Waals surface area contributed by atoms with Gasteiger partial charge >= 0.3 is 0 Å². The standard InChI is InChI=1S/C17H25BrN2/c1-13(2)20-11-16(15-6-4-3-5-7-15)8-14-9-17(18)12-19-10-14/h8-10,12-13,15,20H,3-7,11H2,1-2H3/b16-8-. The zero-order valence-electron chi connectivity index (χ0n) is 12.5. The van der Waals surface area contributed by atoms with E-state index in [2.05, 4.69) is 52.2 Å². The van der Waals surface area contributed by atoms with E-state index in [9.17, 15) is 0 Å². The van der Waals surface area contributed by atoms with Gasteiger partial charge in [-0.15, -0.1) is 0 Å². The van der Waals surface area contributed by atoms with Gasteiger partial charge in [0.25, 0.3) is 0 Å². The van der Waals surface area contributed by atoms with E-state index in [1.807, 2.05) is 12.4 Å². The van der Waals surface area contributed by atoms with Crippen molar-refractivity contribution in [3.8, 4) is 0 Å². The van der Waals surface area contributed by atoms with Crippen LogP contribution in [0.2, 0.25) is 0 Å². The van der Waals surface area contributed by atoms with Crippen LogP contribution in [0.1, 0.15) is 51.5 Å². The van der Waals surface area contributed by atoms with E-state index in [4.69, 9.17) is 0 Å². The Morgan fingerprint density at radius 2 is 2.10 bits per heavy atom. The highest BCUT2D eigenvalue weighted by atomic mass is 79.9. The molecule has 2 rings (SSSR count). The van der Waals surface area contributed by atoms with Gasteiger partial charge in [-0.25, -0.2) is 0 Å². The minimum Gasteiger partial charge on any atom is -0.311 e. The molecule has 0 aliphatic heterocycles. The van der Waals surface area contributed by atoms with Crippen molar-refractivity contribution < 1.29 is 0 Å². The van der Waals surface area contributed by atoms with Crippen LogP contribution in [0.4, 0.5) is 0 Å². The van der Waals surface area contributed by atoms with E-state index in [1.165, 1.54) is 37.7 Å². The molecule has 0 atom stereocenters. The summed E-state index contributed by atoms with van der Waals surface area (Å²) in [6.07, 6.45) is 13.0. The molecule has 1 aliphatic carbocycles. The average molecular weight is 337 g/mol. The number of rotatable bonds is 5. The number of pyridine rings is 1. The summed E-state index contributed by atoms with van der Waals surface area (Å²) < 4.78 is 1.05. The van der Waals surface area contributed by atoms with Crippen LogP contribution in [0.5, 0.6) is 0 Å². The normalized spacial score (nSPS) is 17.7. The Morgan fingerprint density at radius 3 is 2.75 bits per heavy atom. The third kappa shape index (κ3) is 5.02. The van der Waals surface area contributed by atoms with Crippen molar-refractivity contribution in [1.82, 2.24) is 10.3 Å². The van der Waals surface area contributed by atoms with E-state index in [0.29, 0.717) is 6.04 Å². The quantitative estimate of drug-likeness (QED) is 0.834. The van der Waals surface area contributed by atoms with Crippen LogP contribution in [0.15, 0.2) is 28.5 Å². The molecule has 0 spiro atoms. The summed E-state index contributed by atoms with van der Waals surface area (Å²) in [5.74, 6) is 0.744. The van der Waals surface area contributed by atoms with Crippen LogP contribution in [0, 0.1) is 5.92 Å². The molecule has 0 bridgehead atoms. The van der Waals surface area contributed by atoms with Crippen molar-refractivity contribution in [2.75, 3.05) is 6.54 Å². The third-order valence-electron chi connectivity index (χ3n) is 3.92. The fourth-order valence-electron chi connectivity index (χ4n) is 2.83. The van der Waals surface area contributed by atoms with Crippen LogP contribution in [-0.4, -0.2) is 17.6 Å². The smallest absolute Gasteiger partial charge is 0.0410 e. The molecule has 0 radical (unpaired) electrons. The van der Waals surface area contributed by atoms with Gasteiger partial charge in [0.05, 0.1) is 0 Å². The van der Waals surface area contributed by atoms with Crippen molar-refractivity contribution in [1.29, 1.82) is 0 Å². The zero-order valence-corrected chi connectivity index (χ0v) is 14.1. The van der Waals surface area contributed by atoms with Crippen molar-refractivity contribution in [2.45, 2.75) is 52.0 Å². The van der Waals surface area contributed by atoms with Gasteiger partial charge in [0, 0.05) is 29.5 Å². The maximum absolute atomic E-state index is 4.27. The van der Waals surface area contributed by atoms with E-state index in [0.717, 1.165) is 16.9 Å². The van der Waals surface area contributed by atoms with Gasteiger partial charge < -0.3 is 5.32 Å². The molecule has 1 N–H and O–H groups in total. The maximum atomic E-state index is 4.27. The van der Waals surface area contributed by atoms with Crippen LogP contribution in [0.25, 0.3) is 6.08 Å². The molecular weight excluding hydrogens is 312 g/mol. The molecule has 1 fully saturated rings. The first-order chi connectivity index (χ1) is 9.65. The SMILES string of the molecule is CC(C)NC/C(=C/c1cncc(Br)c1)C1CCCCC1. The molecule has 1 aromatic rings. The van der Waals surface area contributed by atoms with E-state index in [-0.39, 0.29) is 0 Å². The second kappa shape index (κ2) is 7.94. The Bertz CT molecular complexity index is 448. The van der Waals surface area contributed by atoms with E-state index in [1.54, 1.807) is 5.57 Å². The number of hydrogen-bond acceptors (Lipinski definition) is 2. The Kier molecular flexibility index (Phi) is 6.24. The Hall–Kier alpha value is -0.670. The van der Waals surface area contributed by atoms with Crippen molar-refractivity contribution >= 4 is 22.0 Å². The number of hydrogen-bond donors (Lipinski definition) is 1. The van der Waals surface area contributed by atoms with Crippen LogP contribution >= 0.6 is 15.9 Å². The predicted molar refractivity (Wildman–Crippen MR) is 89.6 cm³/mol. The Labute approximate surface area is 131 Å². The lowest BCUT2D eigenvalue weighted by Crippen LogP contribution is -2.27. The summed E-state index contributed by atoms with van der Waals surface area (Å²) in [4.78, 5) is 4.27. The minimum absolute atomic E-state index is 0.530. The van der Waals surface area contributed by atoms with Crippen molar-refractivity contribution in [3.05, 3.63) is 34.1 Å². The molecule has 3 heteroatoms. The fraction of sp³-hybridized carbons (Fsp3) is 0.588. The van der Waals surface area contributed by atoms with Gasteiger partial charge in [-0.05, 0) is 46.3 Å². The molecule has 20 heavy (non-hydrogen) atoms. The van der Waals surface area contributed by atoms with Crippen LogP contribution in [0.3, 0.4) is 0 Å². The first kappa shape index (κ1) is 15.7. The average Bonchev–Trinajstić information content (AvgIpc) is 2.44. The number of nitrogens with one attached hydrogen (secondary N) is 1. The minimum atomic E-state index is 0.530. The number of halogens is 1. The molecule has 0 saturated heterocycles. The fourth-order valence-corrected chi connectivity index (χ4v) is 3.21. The molecule has 1 aromatic heterocycles. The zero-order chi connectivity index (χ0) is 14.4. The molecule has 2 nitrogen and oxygen atoms in total. The van der Waals surface area contributed by atoms with Gasteiger partial charge in [-0.1, -0.05) is 44.8 Å². The topological polar surface area (TPSA) is 24.9 Å². The first-order valence-corrected chi connectivity index (χ1v) is 8.49. The number of nitrogens with zero attached hydrogens (tertiary/aromatic N) is 1. The molecule has 0 unspecified atom stereocenters. The summed E-state index contributed by atoms with van der Waals surface area (Å²) in [5.41, 5.74) is 2.74. The molecular formula is C17H25BrN2. The second-order valence-corrected chi connectivity index (χ2v) is 6.94. The predicted octanol–water partition coefficient (Wildman–Crippen LogP) is 4.81. The second-order valence-electron chi connectivity index (χ2n) is 6.03. The lowest BCUT2D eigenvalue weighted by molar-refractivity contribution is 0.394. The molecule has 110 valence electrons. The lowest BCUT2D eigenvalue weighted by atomic mass is 9.83. The molecule has 1 aliphatic rings. The van der Waals surface area contributed by atoms with Gasteiger partial charge in [-0.3, -0.25) is 4.98 Å². The van der Waals surface area contributed by atoms with Crippen molar-refractivity contribution in [3.63, 3.8) is 0 Å². The third-order valence-corrected chi connectivity index (χ3v) is 4.36. The molecule has 0 aromatic carbocycles. The lowest BCUT2D eigenvalue weighted by Gasteiger charge is -2.25. The highest BCUT2D eigenvalue weighted by Gasteiger charge is 2.17. The van der Waals surface area contributed by atoms with Gasteiger partial charge in [0.2, 0.25) is 0 Å². The Balaban J connectivity index is 2.15. The molecule has 0 amide bonds. The Morgan fingerprint density at radius 1 is 1.35 bits per heavy atom. The monoisotopic (exact) mass is 336 g/mol. The van der Waals surface area contributed by atoms with Gasteiger partial charge in [0.1, 0.15) is 0 Å². The number of aromatic nitrogens is 1. The summed E-state index contributed by atoms with van der Waals surface area (Å²) in [5, 5.41) is 3.58. The molecule has 1 saturated carbocycles. The van der Waals surface area contributed by atoms with Crippen LogP contribution < -0.4 is 5.32 Å². The van der Waals surface area contributed by atoms with Gasteiger partial charge in [0.15, 0.2) is 0 Å². The first-order valence-electron chi connectivity index (χ1n) is 7.69. The largest absolute Gasteiger partial charge is 0.311 e. The summed E-state index contributed by atoms with van der Waals surface area (Å²) in [6.45, 7) is 5.41. The summed E-state index contributed by atoms with van der Waals surface area (Å²) >= 11 is 3.50. The van der Waals surface area contributed by atoms with E-state index >= 15 is 0 Å².